The van der Waals surface area contributed by atoms with Crippen LogP contribution in [0.5, 0.6) is 0 Å². The highest BCUT2D eigenvalue weighted by atomic mass is 15.2. The van der Waals surface area contributed by atoms with Crippen LogP contribution in [0.15, 0.2) is 0 Å². The van der Waals surface area contributed by atoms with Gasteiger partial charge in [0.05, 0.1) is 0 Å². The number of likely N-dealkylation sites (N-methyl/N-ethyl adjacent to an activating group) is 1. The number of hydrogen-bond donors (Lipinski definition) is 1. The summed E-state index contributed by atoms with van der Waals surface area (Å²) in [5.41, 5.74) is 0.768. The van der Waals surface area contributed by atoms with Crippen LogP contribution in [0.25, 0.3) is 0 Å². The SMILES string of the molecule is CC1CC(NCC2(C3CC3)CC2)CN1C. The molecule has 0 spiro atoms. The van der Waals surface area contributed by atoms with Gasteiger partial charge in [0.2, 0.25) is 0 Å². The first-order valence-corrected chi connectivity index (χ1v) is 6.63. The lowest BCUT2D eigenvalue weighted by molar-refractivity contribution is 0.322. The zero-order valence-electron chi connectivity index (χ0n) is 10.1. The van der Waals surface area contributed by atoms with E-state index in [9.17, 15) is 0 Å². The van der Waals surface area contributed by atoms with E-state index < -0.39 is 0 Å². The van der Waals surface area contributed by atoms with Crippen LogP contribution in [-0.2, 0) is 0 Å². The van der Waals surface area contributed by atoms with Gasteiger partial charge in [-0.3, -0.25) is 0 Å². The Morgan fingerprint density at radius 3 is 2.53 bits per heavy atom. The molecule has 3 aliphatic rings. The molecular formula is C13H24N2. The van der Waals surface area contributed by atoms with Crippen molar-refractivity contribution in [1.29, 1.82) is 0 Å². The van der Waals surface area contributed by atoms with E-state index in [0.29, 0.717) is 0 Å². The van der Waals surface area contributed by atoms with Gasteiger partial charge in [0.15, 0.2) is 0 Å². The van der Waals surface area contributed by atoms with Gasteiger partial charge in [-0.05, 0) is 57.4 Å². The average molecular weight is 208 g/mol. The summed E-state index contributed by atoms with van der Waals surface area (Å²) in [6.07, 6.45) is 7.38. The van der Waals surface area contributed by atoms with Gasteiger partial charge in [-0.2, -0.15) is 0 Å². The Morgan fingerprint density at radius 2 is 2.07 bits per heavy atom. The summed E-state index contributed by atoms with van der Waals surface area (Å²) in [6.45, 7) is 4.90. The van der Waals surface area contributed by atoms with Gasteiger partial charge < -0.3 is 10.2 Å². The highest BCUT2D eigenvalue weighted by molar-refractivity contribution is 5.05. The zero-order chi connectivity index (χ0) is 10.5. The molecule has 0 aromatic carbocycles. The van der Waals surface area contributed by atoms with E-state index in [-0.39, 0.29) is 0 Å². The molecule has 2 saturated carbocycles. The second kappa shape index (κ2) is 3.46. The lowest BCUT2D eigenvalue weighted by atomic mass is 10.00. The summed E-state index contributed by atoms with van der Waals surface area (Å²) in [6, 6.07) is 1.54. The van der Waals surface area contributed by atoms with E-state index >= 15 is 0 Å². The van der Waals surface area contributed by atoms with Crippen molar-refractivity contribution in [3.63, 3.8) is 0 Å². The number of hydrogen-bond acceptors (Lipinski definition) is 2. The Kier molecular flexibility index (Phi) is 2.33. The molecule has 15 heavy (non-hydrogen) atoms. The standard InChI is InChI=1S/C13H24N2/c1-10-7-12(8-15(10)2)14-9-13(5-6-13)11-3-4-11/h10-12,14H,3-9H2,1-2H3. The normalized spacial score (nSPS) is 39.6. The Morgan fingerprint density at radius 1 is 1.33 bits per heavy atom. The van der Waals surface area contributed by atoms with Gasteiger partial charge in [-0.1, -0.05) is 0 Å². The third kappa shape index (κ3) is 1.94. The van der Waals surface area contributed by atoms with Crippen molar-refractivity contribution >= 4 is 0 Å². The summed E-state index contributed by atoms with van der Waals surface area (Å²) in [7, 11) is 2.25. The van der Waals surface area contributed by atoms with E-state index in [1.165, 1.54) is 45.2 Å². The Bertz CT molecular complexity index is 233. The van der Waals surface area contributed by atoms with Gasteiger partial charge >= 0.3 is 0 Å². The molecule has 0 aromatic heterocycles. The first kappa shape index (κ1) is 10.1. The molecule has 0 radical (unpaired) electrons. The minimum atomic E-state index is 0.765. The van der Waals surface area contributed by atoms with E-state index in [1.807, 2.05) is 0 Å². The highest BCUT2D eigenvalue weighted by Gasteiger charge is 2.53. The lowest BCUT2D eigenvalue weighted by Gasteiger charge is -2.19. The van der Waals surface area contributed by atoms with Gasteiger partial charge in [0, 0.05) is 25.2 Å². The molecule has 0 bridgehead atoms. The van der Waals surface area contributed by atoms with Gasteiger partial charge in [-0.25, -0.2) is 0 Å². The van der Waals surface area contributed by atoms with Crippen LogP contribution in [0.4, 0.5) is 0 Å². The summed E-state index contributed by atoms with van der Waals surface area (Å²) in [4.78, 5) is 2.48. The molecule has 3 rings (SSSR count). The summed E-state index contributed by atoms with van der Waals surface area (Å²) < 4.78 is 0. The molecule has 0 aromatic rings. The molecule has 2 heteroatoms. The maximum absolute atomic E-state index is 3.82. The largest absolute Gasteiger partial charge is 0.312 e. The van der Waals surface area contributed by atoms with Crippen LogP contribution in [-0.4, -0.2) is 37.1 Å². The van der Waals surface area contributed by atoms with Crippen molar-refractivity contribution in [2.24, 2.45) is 11.3 Å². The van der Waals surface area contributed by atoms with Crippen molar-refractivity contribution in [2.45, 2.75) is 51.1 Å². The van der Waals surface area contributed by atoms with Crippen molar-refractivity contribution in [3.05, 3.63) is 0 Å². The van der Waals surface area contributed by atoms with Gasteiger partial charge in [0.25, 0.3) is 0 Å². The molecule has 2 aliphatic carbocycles. The van der Waals surface area contributed by atoms with E-state index in [1.54, 1.807) is 0 Å². The van der Waals surface area contributed by atoms with Crippen molar-refractivity contribution < 1.29 is 0 Å². The molecule has 0 amide bonds. The van der Waals surface area contributed by atoms with E-state index in [4.69, 9.17) is 0 Å². The van der Waals surface area contributed by atoms with Crippen LogP contribution < -0.4 is 5.32 Å². The van der Waals surface area contributed by atoms with Gasteiger partial charge in [-0.15, -0.1) is 0 Å². The van der Waals surface area contributed by atoms with Gasteiger partial charge in [0.1, 0.15) is 0 Å². The number of nitrogens with one attached hydrogen (secondary N) is 1. The second-order valence-electron chi connectivity index (χ2n) is 6.24. The highest BCUT2D eigenvalue weighted by Crippen LogP contribution is 2.60. The Balaban J connectivity index is 1.46. The Hall–Kier alpha value is -0.0800. The van der Waals surface area contributed by atoms with Crippen molar-refractivity contribution in [1.82, 2.24) is 10.2 Å². The molecule has 2 atom stereocenters. The average Bonchev–Trinajstić information content (AvgIpc) is 3.07. The summed E-state index contributed by atoms with van der Waals surface area (Å²) in [5, 5.41) is 3.82. The molecule has 1 N–H and O–H groups in total. The van der Waals surface area contributed by atoms with Crippen LogP contribution in [0.2, 0.25) is 0 Å². The monoisotopic (exact) mass is 208 g/mol. The van der Waals surface area contributed by atoms with E-state index in [2.05, 4.69) is 24.2 Å². The smallest absolute Gasteiger partial charge is 0.0210 e. The van der Waals surface area contributed by atoms with Crippen LogP contribution >= 0.6 is 0 Å². The predicted molar refractivity (Wildman–Crippen MR) is 62.9 cm³/mol. The van der Waals surface area contributed by atoms with E-state index in [0.717, 1.165) is 23.4 Å². The minimum Gasteiger partial charge on any atom is -0.312 e. The number of nitrogens with zero attached hydrogens (tertiary/aromatic N) is 1. The molecule has 1 aliphatic heterocycles. The zero-order valence-corrected chi connectivity index (χ0v) is 10.1. The third-order valence-electron chi connectivity index (χ3n) is 4.96. The lowest BCUT2D eigenvalue weighted by Crippen LogP contribution is -2.36. The third-order valence-corrected chi connectivity index (χ3v) is 4.96. The molecule has 1 saturated heterocycles. The molecular weight excluding hydrogens is 184 g/mol. The summed E-state index contributed by atoms with van der Waals surface area (Å²) in [5.74, 6) is 1.10. The predicted octanol–water partition coefficient (Wildman–Crippen LogP) is 1.86. The quantitative estimate of drug-likeness (QED) is 0.758. The Labute approximate surface area is 93.4 Å². The van der Waals surface area contributed by atoms with Crippen LogP contribution in [0, 0.1) is 11.3 Å². The molecule has 2 unspecified atom stereocenters. The molecule has 2 nitrogen and oxygen atoms in total. The maximum Gasteiger partial charge on any atom is 0.0210 e. The molecule has 1 heterocycles. The minimum absolute atomic E-state index is 0.765. The molecule has 86 valence electrons. The topological polar surface area (TPSA) is 15.3 Å². The molecule has 3 fully saturated rings. The fourth-order valence-corrected chi connectivity index (χ4v) is 3.27. The van der Waals surface area contributed by atoms with Crippen LogP contribution in [0.1, 0.15) is 39.0 Å². The number of likely N-dealkylation sites (tertiary alicyclic amines) is 1. The fourth-order valence-electron chi connectivity index (χ4n) is 3.27. The van der Waals surface area contributed by atoms with Crippen molar-refractivity contribution in [2.75, 3.05) is 20.1 Å². The first-order valence-electron chi connectivity index (χ1n) is 6.63. The fraction of sp³-hybridized carbons (Fsp3) is 1.00. The second-order valence-corrected chi connectivity index (χ2v) is 6.24. The number of rotatable bonds is 4. The first-order chi connectivity index (χ1) is 7.20. The summed E-state index contributed by atoms with van der Waals surface area (Å²) >= 11 is 0. The van der Waals surface area contributed by atoms with Crippen LogP contribution in [0.3, 0.4) is 0 Å². The van der Waals surface area contributed by atoms with Crippen molar-refractivity contribution in [3.8, 4) is 0 Å². The maximum atomic E-state index is 3.82.